The summed E-state index contributed by atoms with van der Waals surface area (Å²) in [5.74, 6) is 0. The summed E-state index contributed by atoms with van der Waals surface area (Å²) in [6.07, 6.45) is 5.24. The summed E-state index contributed by atoms with van der Waals surface area (Å²) < 4.78 is 7.23. The lowest BCUT2D eigenvalue weighted by Gasteiger charge is -2.28. The van der Waals surface area contributed by atoms with E-state index in [9.17, 15) is 5.11 Å². The van der Waals surface area contributed by atoms with Gasteiger partial charge in [-0.05, 0) is 42.1 Å². The fourth-order valence-electron chi connectivity index (χ4n) is 4.05. The van der Waals surface area contributed by atoms with Crippen LogP contribution in [-0.2, 0) is 0 Å². The van der Waals surface area contributed by atoms with Gasteiger partial charge in [-0.1, -0.05) is 42.5 Å². The van der Waals surface area contributed by atoms with Crippen LogP contribution in [0.5, 0.6) is 0 Å². The second-order valence-corrected chi connectivity index (χ2v) is 7.11. The first kappa shape index (κ1) is 16.2. The van der Waals surface area contributed by atoms with Crippen molar-refractivity contribution in [2.24, 2.45) is 0 Å². The fraction of sp³-hybridized carbons (Fsp3) is 0.286. The number of hydrogen-bond donors (Lipinski definition) is 1. The second-order valence-electron chi connectivity index (χ2n) is 7.11. The van der Waals surface area contributed by atoms with Crippen LogP contribution >= 0.6 is 0 Å². The topological polar surface area (TPSA) is 77.0 Å². The van der Waals surface area contributed by atoms with Crippen LogP contribution in [0.3, 0.4) is 0 Å². The Labute approximate surface area is 156 Å². The molecule has 0 atom stereocenters. The Bertz CT molecular complexity index is 1060. The molecule has 6 nitrogen and oxygen atoms in total. The molecule has 2 aromatic carbocycles. The number of fused-ring (bicyclic) bond motifs is 1. The highest BCUT2D eigenvalue weighted by Gasteiger charge is 2.26. The normalized spacial score (nSPS) is 20.2. The average molecular weight is 360 g/mol. The van der Waals surface area contributed by atoms with Crippen molar-refractivity contribution in [1.29, 1.82) is 0 Å². The highest BCUT2D eigenvalue weighted by molar-refractivity contribution is 5.94. The number of aliphatic hydroxyl groups excluding tert-OH is 1. The molecule has 1 saturated carbocycles. The van der Waals surface area contributed by atoms with Crippen molar-refractivity contribution in [3.8, 4) is 22.5 Å². The third-order valence-corrected chi connectivity index (χ3v) is 5.44. The molecule has 1 aliphatic rings. The van der Waals surface area contributed by atoms with Crippen molar-refractivity contribution in [3.05, 3.63) is 54.9 Å². The molecule has 0 saturated heterocycles. The Morgan fingerprint density at radius 3 is 2.56 bits per heavy atom. The van der Waals surface area contributed by atoms with E-state index in [1.807, 2.05) is 42.7 Å². The summed E-state index contributed by atoms with van der Waals surface area (Å²) in [5.41, 5.74) is 5.47. The van der Waals surface area contributed by atoms with E-state index in [4.69, 9.17) is 9.61 Å². The van der Waals surface area contributed by atoms with E-state index in [1.165, 1.54) is 0 Å². The summed E-state index contributed by atoms with van der Waals surface area (Å²) in [6, 6.07) is 16.4. The molecule has 5 rings (SSSR count). The van der Waals surface area contributed by atoms with Crippen LogP contribution in [-0.4, -0.2) is 31.1 Å². The predicted molar refractivity (Wildman–Crippen MR) is 102 cm³/mol. The van der Waals surface area contributed by atoms with Crippen molar-refractivity contribution < 1.29 is 9.74 Å². The van der Waals surface area contributed by atoms with E-state index in [-0.39, 0.29) is 6.10 Å². The Kier molecular flexibility index (Phi) is 3.98. The van der Waals surface area contributed by atoms with Crippen molar-refractivity contribution >= 4 is 11.0 Å². The number of hydrogen-bond acceptors (Lipinski definition) is 5. The molecule has 0 unspecified atom stereocenters. The average Bonchev–Trinajstić information content (AvgIpc) is 3.36. The minimum atomic E-state index is -0.190. The Morgan fingerprint density at radius 1 is 0.926 bits per heavy atom. The van der Waals surface area contributed by atoms with E-state index >= 15 is 0 Å². The SMILES string of the molecule is OC1CCC(n2cnc(-c3ccccc3)c2-c2cccc3nonc23)CC1. The molecule has 4 aromatic rings. The summed E-state index contributed by atoms with van der Waals surface area (Å²) in [6.45, 7) is 0. The Hall–Kier alpha value is -2.99. The van der Waals surface area contributed by atoms with Crippen molar-refractivity contribution in [1.82, 2.24) is 19.9 Å². The Balaban J connectivity index is 1.71. The van der Waals surface area contributed by atoms with Crippen LogP contribution in [0.25, 0.3) is 33.5 Å². The second kappa shape index (κ2) is 6.63. The summed E-state index contributed by atoms with van der Waals surface area (Å²) in [7, 11) is 0. The zero-order chi connectivity index (χ0) is 18.2. The van der Waals surface area contributed by atoms with Crippen molar-refractivity contribution in [3.63, 3.8) is 0 Å². The molecule has 2 heterocycles. The van der Waals surface area contributed by atoms with Gasteiger partial charge in [0.1, 0.15) is 11.0 Å². The number of imidazole rings is 1. The highest BCUT2D eigenvalue weighted by atomic mass is 16.6. The largest absolute Gasteiger partial charge is 0.393 e. The van der Waals surface area contributed by atoms with E-state index in [2.05, 4.69) is 27.0 Å². The maximum Gasteiger partial charge on any atom is 0.144 e. The van der Waals surface area contributed by atoms with Gasteiger partial charge in [0.05, 0.1) is 23.8 Å². The smallest absolute Gasteiger partial charge is 0.144 e. The molecule has 6 heteroatoms. The van der Waals surface area contributed by atoms with Gasteiger partial charge in [0, 0.05) is 17.2 Å². The molecule has 0 radical (unpaired) electrons. The highest BCUT2D eigenvalue weighted by Crippen LogP contribution is 2.39. The van der Waals surface area contributed by atoms with Gasteiger partial charge in [-0.25, -0.2) is 9.61 Å². The molecule has 136 valence electrons. The van der Waals surface area contributed by atoms with E-state index < -0.39 is 0 Å². The van der Waals surface area contributed by atoms with Crippen LogP contribution in [0.2, 0.25) is 0 Å². The molecule has 0 spiro atoms. The number of benzene rings is 2. The third-order valence-electron chi connectivity index (χ3n) is 5.44. The van der Waals surface area contributed by atoms with Crippen LogP contribution in [0.15, 0.2) is 59.5 Å². The van der Waals surface area contributed by atoms with Gasteiger partial charge < -0.3 is 9.67 Å². The van der Waals surface area contributed by atoms with Crippen molar-refractivity contribution in [2.45, 2.75) is 37.8 Å². The minimum Gasteiger partial charge on any atom is -0.393 e. The van der Waals surface area contributed by atoms with Gasteiger partial charge in [-0.15, -0.1) is 0 Å². The lowest BCUT2D eigenvalue weighted by Crippen LogP contribution is -2.21. The van der Waals surface area contributed by atoms with Crippen LogP contribution in [0, 0.1) is 0 Å². The Morgan fingerprint density at radius 2 is 1.74 bits per heavy atom. The molecular formula is C21H20N4O2. The summed E-state index contributed by atoms with van der Waals surface area (Å²) >= 11 is 0. The van der Waals surface area contributed by atoms with Gasteiger partial charge in [-0.3, -0.25) is 0 Å². The first-order chi connectivity index (χ1) is 13.3. The van der Waals surface area contributed by atoms with Crippen LogP contribution < -0.4 is 0 Å². The van der Waals surface area contributed by atoms with E-state index in [1.54, 1.807) is 0 Å². The lowest BCUT2D eigenvalue weighted by molar-refractivity contribution is 0.111. The third kappa shape index (κ3) is 2.82. The quantitative estimate of drug-likeness (QED) is 0.592. The number of aliphatic hydroxyl groups is 1. The van der Waals surface area contributed by atoms with E-state index in [0.717, 1.165) is 59.2 Å². The molecular weight excluding hydrogens is 340 g/mol. The maximum atomic E-state index is 9.90. The molecule has 2 aromatic heterocycles. The van der Waals surface area contributed by atoms with Gasteiger partial charge in [0.25, 0.3) is 0 Å². The molecule has 0 aliphatic heterocycles. The summed E-state index contributed by atoms with van der Waals surface area (Å²) in [5, 5.41) is 18.0. The predicted octanol–water partition coefficient (Wildman–Crippen LogP) is 4.23. The van der Waals surface area contributed by atoms with Gasteiger partial charge in [0.15, 0.2) is 0 Å². The molecule has 1 aliphatic carbocycles. The molecule has 0 bridgehead atoms. The van der Waals surface area contributed by atoms with E-state index in [0.29, 0.717) is 6.04 Å². The lowest BCUT2D eigenvalue weighted by atomic mass is 9.92. The van der Waals surface area contributed by atoms with Crippen molar-refractivity contribution in [2.75, 3.05) is 0 Å². The monoisotopic (exact) mass is 360 g/mol. The standard InChI is InChI=1S/C21H20N4O2/c26-16-11-9-15(10-12-16)25-13-22-19(14-5-2-1-3-6-14)21(25)17-7-4-8-18-20(17)24-27-23-18/h1-8,13,15-16,26H,9-12H2. The maximum absolute atomic E-state index is 9.90. The fourth-order valence-corrected chi connectivity index (χ4v) is 4.05. The van der Waals surface area contributed by atoms with Gasteiger partial charge in [0.2, 0.25) is 0 Å². The van der Waals surface area contributed by atoms with Crippen LogP contribution in [0.1, 0.15) is 31.7 Å². The molecule has 1 N–H and O–H groups in total. The zero-order valence-corrected chi connectivity index (χ0v) is 14.8. The summed E-state index contributed by atoms with van der Waals surface area (Å²) in [4.78, 5) is 4.77. The minimum absolute atomic E-state index is 0.190. The first-order valence-electron chi connectivity index (χ1n) is 9.33. The number of nitrogens with zero attached hydrogens (tertiary/aromatic N) is 4. The van der Waals surface area contributed by atoms with Gasteiger partial charge in [-0.2, -0.15) is 0 Å². The molecule has 27 heavy (non-hydrogen) atoms. The number of aromatic nitrogens is 4. The van der Waals surface area contributed by atoms with Gasteiger partial charge >= 0.3 is 0 Å². The number of rotatable bonds is 3. The molecule has 0 amide bonds. The zero-order valence-electron chi connectivity index (χ0n) is 14.8. The molecule has 1 fully saturated rings. The van der Waals surface area contributed by atoms with Crippen LogP contribution in [0.4, 0.5) is 0 Å². The first-order valence-corrected chi connectivity index (χ1v) is 9.33.